The van der Waals surface area contributed by atoms with Gasteiger partial charge in [-0.2, -0.15) is 0 Å². The molecule has 1 aliphatic rings. The van der Waals surface area contributed by atoms with Crippen molar-refractivity contribution in [2.75, 3.05) is 6.54 Å². The van der Waals surface area contributed by atoms with Crippen LogP contribution in [0.25, 0.3) is 21.9 Å². The molecule has 1 saturated heterocycles. The third-order valence-corrected chi connectivity index (χ3v) is 5.28. The largest absolute Gasteiger partial charge is 0.291 e. The second kappa shape index (κ2) is 5.48. The Morgan fingerprint density at radius 1 is 1.27 bits per heavy atom. The number of hydrogen-bond acceptors (Lipinski definition) is 4. The van der Waals surface area contributed by atoms with Gasteiger partial charge in [0.1, 0.15) is 5.52 Å². The molecule has 4 heterocycles. The predicted molar refractivity (Wildman–Crippen MR) is 91.0 cm³/mol. The second-order valence-electron chi connectivity index (χ2n) is 6.08. The maximum absolute atomic E-state index is 4.88. The van der Waals surface area contributed by atoms with Crippen LogP contribution in [0.3, 0.4) is 0 Å². The van der Waals surface area contributed by atoms with E-state index in [2.05, 4.69) is 51.9 Å². The van der Waals surface area contributed by atoms with Crippen LogP contribution >= 0.6 is 11.3 Å². The van der Waals surface area contributed by atoms with Gasteiger partial charge in [-0.3, -0.25) is 9.47 Å². The number of thiophene rings is 1. The highest BCUT2D eigenvalue weighted by atomic mass is 32.1. The Balaban J connectivity index is 1.93. The minimum absolute atomic E-state index is 0.358. The molecule has 0 spiro atoms. The van der Waals surface area contributed by atoms with E-state index in [1.807, 2.05) is 12.3 Å². The quantitative estimate of drug-likeness (QED) is 0.728. The average molecular weight is 312 g/mol. The van der Waals surface area contributed by atoms with Crippen LogP contribution < -0.4 is 0 Å². The molecule has 0 aromatic carbocycles. The van der Waals surface area contributed by atoms with Crippen LogP contribution in [-0.4, -0.2) is 32.0 Å². The molecule has 1 aliphatic heterocycles. The lowest BCUT2D eigenvalue weighted by atomic mass is 10.3. The molecule has 4 rings (SSSR count). The van der Waals surface area contributed by atoms with Gasteiger partial charge in [0.2, 0.25) is 0 Å². The van der Waals surface area contributed by atoms with E-state index in [1.165, 1.54) is 17.7 Å². The summed E-state index contributed by atoms with van der Waals surface area (Å²) in [6.45, 7) is 5.70. The number of pyridine rings is 1. The van der Waals surface area contributed by atoms with Crippen LogP contribution in [-0.2, 0) is 0 Å². The third-order valence-electron chi connectivity index (χ3n) is 4.41. The molecule has 0 N–H and O–H groups in total. The van der Waals surface area contributed by atoms with Crippen molar-refractivity contribution in [2.24, 2.45) is 0 Å². The zero-order valence-electron chi connectivity index (χ0n) is 12.9. The molecule has 114 valence electrons. The summed E-state index contributed by atoms with van der Waals surface area (Å²) < 4.78 is 2.36. The topological polar surface area (TPSA) is 34.0 Å². The van der Waals surface area contributed by atoms with E-state index in [-0.39, 0.29) is 0 Å². The molecule has 3 aromatic heterocycles. The Kier molecular flexibility index (Phi) is 3.47. The molecule has 5 heteroatoms. The second-order valence-corrected chi connectivity index (χ2v) is 7.03. The van der Waals surface area contributed by atoms with Crippen molar-refractivity contribution in [3.8, 4) is 10.7 Å². The van der Waals surface area contributed by atoms with Gasteiger partial charge in [-0.15, -0.1) is 11.3 Å². The van der Waals surface area contributed by atoms with Crippen molar-refractivity contribution in [3.05, 3.63) is 35.8 Å². The zero-order chi connectivity index (χ0) is 15.1. The summed E-state index contributed by atoms with van der Waals surface area (Å²) in [4.78, 5) is 13.3. The fourth-order valence-corrected chi connectivity index (χ4v) is 4.15. The van der Waals surface area contributed by atoms with Crippen molar-refractivity contribution in [2.45, 2.75) is 38.9 Å². The van der Waals surface area contributed by atoms with E-state index in [0.717, 1.165) is 23.5 Å². The molecule has 0 bridgehead atoms. The smallest absolute Gasteiger partial charge is 0.161 e. The first kappa shape index (κ1) is 13.9. The van der Waals surface area contributed by atoms with E-state index >= 15 is 0 Å². The minimum atomic E-state index is 0.358. The summed E-state index contributed by atoms with van der Waals surface area (Å²) in [6, 6.07) is 8.80. The molecule has 4 nitrogen and oxygen atoms in total. The summed E-state index contributed by atoms with van der Waals surface area (Å²) >= 11 is 1.74. The number of fused-ring (bicyclic) bond motifs is 1. The SMILES string of the molecule is CC(C)N1CCCC1n1c(-c2cccs2)nc2cccnc21. The lowest BCUT2D eigenvalue weighted by molar-refractivity contribution is 0.156. The van der Waals surface area contributed by atoms with Crippen molar-refractivity contribution in [3.63, 3.8) is 0 Å². The molecule has 0 radical (unpaired) electrons. The third kappa shape index (κ3) is 2.16. The summed E-state index contributed by atoms with van der Waals surface area (Å²) in [6.07, 6.45) is 4.63. The van der Waals surface area contributed by atoms with Crippen LogP contribution in [0, 0.1) is 0 Å². The van der Waals surface area contributed by atoms with Gasteiger partial charge in [-0.25, -0.2) is 9.97 Å². The summed E-state index contributed by atoms with van der Waals surface area (Å²) in [5.41, 5.74) is 1.99. The maximum Gasteiger partial charge on any atom is 0.161 e. The molecule has 1 unspecified atom stereocenters. The summed E-state index contributed by atoms with van der Waals surface area (Å²) in [5.74, 6) is 1.06. The van der Waals surface area contributed by atoms with Crippen molar-refractivity contribution >= 4 is 22.5 Å². The first-order valence-electron chi connectivity index (χ1n) is 7.88. The first-order chi connectivity index (χ1) is 10.8. The molecule has 0 amide bonds. The van der Waals surface area contributed by atoms with Gasteiger partial charge in [-0.1, -0.05) is 6.07 Å². The maximum atomic E-state index is 4.88. The van der Waals surface area contributed by atoms with Crippen LogP contribution in [0.5, 0.6) is 0 Å². The fourth-order valence-electron chi connectivity index (χ4n) is 3.44. The Bertz CT molecular complexity index is 775. The van der Waals surface area contributed by atoms with Gasteiger partial charge in [0.15, 0.2) is 11.5 Å². The normalized spacial score (nSPS) is 19.5. The molecule has 0 aliphatic carbocycles. The highest BCUT2D eigenvalue weighted by molar-refractivity contribution is 7.13. The molecular formula is C17H20N4S. The van der Waals surface area contributed by atoms with E-state index in [1.54, 1.807) is 11.3 Å². The molecule has 1 fully saturated rings. The Labute approximate surface area is 134 Å². The van der Waals surface area contributed by atoms with E-state index in [0.29, 0.717) is 12.2 Å². The molecular weight excluding hydrogens is 292 g/mol. The van der Waals surface area contributed by atoms with Crippen molar-refractivity contribution in [1.82, 2.24) is 19.4 Å². The Hall–Kier alpha value is -1.72. The van der Waals surface area contributed by atoms with E-state index < -0.39 is 0 Å². The number of rotatable bonds is 3. The summed E-state index contributed by atoms with van der Waals surface area (Å²) in [7, 11) is 0. The van der Waals surface area contributed by atoms with Crippen LogP contribution in [0.1, 0.15) is 32.9 Å². The standard InChI is InChI=1S/C17H20N4S/c1-12(2)20-10-4-8-15(20)21-16-13(6-3-9-18-16)19-17(21)14-7-5-11-22-14/h3,5-7,9,11-12,15H,4,8,10H2,1-2H3. The fraction of sp³-hybridized carbons (Fsp3) is 0.412. The highest BCUT2D eigenvalue weighted by Crippen LogP contribution is 2.36. The first-order valence-corrected chi connectivity index (χ1v) is 8.76. The lowest BCUT2D eigenvalue weighted by Crippen LogP contribution is -2.33. The number of aromatic nitrogens is 3. The van der Waals surface area contributed by atoms with Gasteiger partial charge in [0, 0.05) is 18.8 Å². The van der Waals surface area contributed by atoms with Crippen LogP contribution in [0.2, 0.25) is 0 Å². The van der Waals surface area contributed by atoms with Crippen LogP contribution in [0.15, 0.2) is 35.8 Å². The highest BCUT2D eigenvalue weighted by Gasteiger charge is 2.31. The van der Waals surface area contributed by atoms with E-state index in [9.17, 15) is 0 Å². The Morgan fingerprint density at radius 2 is 2.18 bits per heavy atom. The van der Waals surface area contributed by atoms with Crippen molar-refractivity contribution in [1.29, 1.82) is 0 Å². The zero-order valence-corrected chi connectivity index (χ0v) is 13.8. The van der Waals surface area contributed by atoms with Gasteiger partial charge in [0.05, 0.1) is 11.0 Å². The van der Waals surface area contributed by atoms with Gasteiger partial charge >= 0.3 is 0 Å². The number of imidazole rings is 1. The molecule has 3 aromatic rings. The van der Waals surface area contributed by atoms with Gasteiger partial charge in [0.25, 0.3) is 0 Å². The van der Waals surface area contributed by atoms with Gasteiger partial charge in [-0.05, 0) is 50.3 Å². The Morgan fingerprint density at radius 3 is 2.95 bits per heavy atom. The monoisotopic (exact) mass is 312 g/mol. The molecule has 0 saturated carbocycles. The summed E-state index contributed by atoms with van der Waals surface area (Å²) in [5, 5.41) is 2.11. The molecule has 22 heavy (non-hydrogen) atoms. The predicted octanol–water partition coefficient (Wildman–Crippen LogP) is 4.16. The van der Waals surface area contributed by atoms with E-state index in [4.69, 9.17) is 4.98 Å². The van der Waals surface area contributed by atoms with Crippen molar-refractivity contribution < 1.29 is 0 Å². The minimum Gasteiger partial charge on any atom is -0.291 e. The number of hydrogen-bond donors (Lipinski definition) is 0. The lowest BCUT2D eigenvalue weighted by Gasteiger charge is -2.30. The molecule has 1 atom stereocenters. The number of nitrogens with zero attached hydrogens (tertiary/aromatic N) is 4. The average Bonchev–Trinajstić information content (AvgIpc) is 3.24. The van der Waals surface area contributed by atoms with Crippen LogP contribution in [0.4, 0.5) is 0 Å². The number of likely N-dealkylation sites (tertiary alicyclic amines) is 1. The van der Waals surface area contributed by atoms with Gasteiger partial charge < -0.3 is 0 Å².